The zero-order valence-corrected chi connectivity index (χ0v) is 14.1. The molecule has 1 fully saturated rings. The number of carbonyl (C=O) groups is 1. The maximum Gasteiger partial charge on any atom is 0.258 e. The fraction of sp³-hybridized carbons (Fsp3) is 0.500. The Labute approximate surface area is 141 Å². The van der Waals surface area contributed by atoms with Gasteiger partial charge in [-0.15, -0.1) is 0 Å². The molecule has 1 amide bonds. The SMILES string of the molecule is CCCN1CCN(C(=O)CCc2nc3ccccc3c(=O)[nH]2)CC1. The van der Waals surface area contributed by atoms with E-state index in [0.29, 0.717) is 29.6 Å². The van der Waals surface area contributed by atoms with Gasteiger partial charge in [-0.3, -0.25) is 14.5 Å². The Balaban J connectivity index is 1.58. The molecule has 1 aliphatic heterocycles. The van der Waals surface area contributed by atoms with Gasteiger partial charge in [-0.05, 0) is 25.1 Å². The second-order valence-corrected chi connectivity index (χ2v) is 6.25. The molecule has 24 heavy (non-hydrogen) atoms. The van der Waals surface area contributed by atoms with Gasteiger partial charge in [0, 0.05) is 39.0 Å². The van der Waals surface area contributed by atoms with Gasteiger partial charge in [-0.2, -0.15) is 0 Å². The van der Waals surface area contributed by atoms with E-state index in [9.17, 15) is 9.59 Å². The summed E-state index contributed by atoms with van der Waals surface area (Å²) < 4.78 is 0. The number of amides is 1. The second kappa shape index (κ2) is 7.57. The fourth-order valence-electron chi connectivity index (χ4n) is 3.17. The smallest absolute Gasteiger partial charge is 0.258 e. The van der Waals surface area contributed by atoms with Crippen LogP contribution in [0.3, 0.4) is 0 Å². The predicted octanol–water partition coefficient (Wildman–Crippen LogP) is 1.41. The average Bonchev–Trinajstić information content (AvgIpc) is 2.61. The predicted molar refractivity (Wildman–Crippen MR) is 94.0 cm³/mol. The number of fused-ring (bicyclic) bond motifs is 1. The first kappa shape index (κ1) is 16.6. The zero-order chi connectivity index (χ0) is 16.9. The van der Waals surface area contributed by atoms with Crippen molar-refractivity contribution in [2.45, 2.75) is 26.2 Å². The van der Waals surface area contributed by atoms with Crippen molar-refractivity contribution in [1.29, 1.82) is 0 Å². The van der Waals surface area contributed by atoms with Crippen LogP contribution in [-0.2, 0) is 11.2 Å². The Morgan fingerprint density at radius 2 is 1.96 bits per heavy atom. The van der Waals surface area contributed by atoms with E-state index in [4.69, 9.17) is 0 Å². The number of nitrogens with one attached hydrogen (secondary N) is 1. The van der Waals surface area contributed by atoms with Crippen molar-refractivity contribution in [1.82, 2.24) is 19.8 Å². The molecule has 0 spiro atoms. The highest BCUT2D eigenvalue weighted by Gasteiger charge is 2.20. The number of H-pyrrole nitrogens is 1. The maximum atomic E-state index is 12.4. The summed E-state index contributed by atoms with van der Waals surface area (Å²) in [4.78, 5) is 36.0. The van der Waals surface area contributed by atoms with Crippen LogP contribution in [0.15, 0.2) is 29.1 Å². The van der Waals surface area contributed by atoms with Crippen molar-refractivity contribution < 1.29 is 4.79 Å². The molecule has 128 valence electrons. The monoisotopic (exact) mass is 328 g/mol. The minimum absolute atomic E-state index is 0.141. The number of hydrogen-bond donors (Lipinski definition) is 1. The highest BCUT2D eigenvalue weighted by molar-refractivity contribution is 5.78. The highest BCUT2D eigenvalue weighted by Crippen LogP contribution is 2.09. The summed E-state index contributed by atoms with van der Waals surface area (Å²) >= 11 is 0. The van der Waals surface area contributed by atoms with Gasteiger partial charge >= 0.3 is 0 Å². The number of para-hydroxylation sites is 1. The number of aromatic amines is 1. The Hall–Kier alpha value is -2.21. The largest absolute Gasteiger partial charge is 0.340 e. The van der Waals surface area contributed by atoms with Crippen LogP contribution in [0.4, 0.5) is 0 Å². The molecule has 6 heteroatoms. The van der Waals surface area contributed by atoms with Crippen LogP contribution in [0, 0.1) is 0 Å². The van der Waals surface area contributed by atoms with Crippen LogP contribution in [-0.4, -0.2) is 58.4 Å². The van der Waals surface area contributed by atoms with Gasteiger partial charge in [-0.25, -0.2) is 4.98 Å². The van der Waals surface area contributed by atoms with Gasteiger partial charge in [0.15, 0.2) is 0 Å². The molecule has 2 aromatic rings. The lowest BCUT2D eigenvalue weighted by Gasteiger charge is -2.34. The van der Waals surface area contributed by atoms with Gasteiger partial charge in [-0.1, -0.05) is 19.1 Å². The molecular weight excluding hydrogens is 304 g/mol. The van der Waals surface area contributed by atoms with Gasteiger partial charge in [0.25, 0.3) is 5.56 Å². The normalized spacial score (nSPS) is 15.8. The molecule has 0 bridgehead atoms. The van der Waals surface area contributed by atoms with Gasteiger partial charge in [0.05, 0.1) is 10.9 Å². The molecule has 3 rings (SSSR count). The van der Waals surface area contributed by atoms with Crippen LogP contribution in [0.5, 0.6) is 0 Å². The summed E-state index contributed by atoms with van der Waals surface area (Å²) in [5.74, 6) is 0.721. The lowest BCUT2D eigenvalue weighted by atomic mass is 10.2. The molecule has 1 N–H and O–H groups in total. The Kier molecular flexibility index (Phi) is 5.25. The first-order valence-corrected chi connectivity index (χ1v) is 8.65. The standard InChI is InChI=1S/C18H24N4O2/c1-2-9-21-10-12-22(13-11-21)17(23)8-7-16-19-15-6-4-3-5-14(15)18(24)20-16/h3-6H,2,7-13H2,1H3,(H,19,20,24). The van der Waals surface area contributed by atoms with Crippen LogP contribution >= 0.6 is 0 Å². The molecule has 0 atom stereocenters. The van der Waals surface area contributed by atoms with E-state index in [0.717, 1.165) is 39.1 Å². The molecule has 0 radical (unpaired) electrons. The van der Waals surface area contributed by atoms with Crippen LogP contribution in [0.1, 0.15) is 25.6 Å². The van der Waals surface area contributed by atoms with Crippen molar-refractivity contribution in [3.05, 3.63) is 40.4 Å². The molecule has 0 aliphatic carbocycles. The van der Waals surface area contributed by atoms with E-state index >= 15 is 0 Å². The van der Waals surface area contributed by atoms with E-state index < -0.39 is 0 Å². The average molecular weight is 328 g/mol. The number of piperazine rings is 1. The van der Waals surface area contributed by atoms with Crippen molar-refractivity contribution in [3.8, 4) is 0 Å². The van der Waals surface area contributed by atoms with Gasteiger partial charge < -0.3 is 9.88 Å². The number of aryl methyl sites for hydroxylation is 1. The maximum absolute atomic E-state index is 12.4. The zero-order valence-electron chi connectivity index (χ0n) is 14.1. The quantitative estimate of drug-likeness (QED) is 0.901. The summed E-state index contributed by atoms with van der Waals surface area (Å²) in [6, 6.07) is 7.26. The summed E-state index contributed by atoms with van der Waals surface area (Å²) in [6.07, 6.45) is 2.00. The molecule has 0 saturated carbocycles. The lowest BCUT2D eigenvalue weighted by molar-refractivity contribution is -0.132. The van der Waals surface area contributed by atoms with Crippen LogP contribution < -0.4 is 5.56 Å². The van der Waals surface area contributed by atoms with Crippen molar-refractivity contribution in [2.75, 3.05) is 32.7 Å². The highest BCUT2D eigenvalue weighted by atomic mass is 16.2. The second-order valence-electron chi connectivity index (χ2n) is 6.25. The molecule has 1 aliphatic rings. The summed E-state index contributed by atoms with van der Waals surface area (Å²) in [5, 5.41) is 0.583. The minimum atomic E-state index is -0.142. The molecule has 2 heterocycles. The van der Waals surface area contributed by atoms with Crippen molar-refractivity contribution in [2.24, 2.45) is 0 Å². The summed E-state index contributed by atoms with van der Waals surface area (Å²) in [5.41, 5.74) is 0.535. The van der Waals surface area contributed by atoms with Crippen molar-refractivity contribution >= 4 is 16.8 Å². The summed E-state index contributed by atoms with van der Waals surface area (Å²) in [6.45, 7) is 6.76. The lowest BCUT2D eigenvalue weighted by Crippen LogP contribution is -2.48. The van der Waals surface area contributed by atoms with E-state index in [1.807, 2.05) is 23.1 Å². The molecule has 1 aromatic carbocycles. The van der Waals surface area contributed by atoms with E-state index in [1.165, 1.54) is 0 Å². The van der Waals surface area contributed by atoms with E-state index in [2.05, 4.69) is 21.8 Å². The topological polar surface area (TPSA) is 69.3 Å². The number of carbonyl (C=O) groups excluding carboxylic acids is 1. The molecule has 6 nitrogen and oxygen atoms in total. The van der Waals surface area contributed by atoms with E-state index in [-0.39, 0.29) is 11.5 Å². The Morgan fingerprint density at radius 1 is 1.21 bits per heavy atom. The third kappa shape index (κ3) is 3.82. The van der Waals surface area contributed by atoms with Gasteiger partial charge in [0.2, 0.25) is 5.91 Å². The van der Waals surface area contributed by atoms with Crippen molar-refractivity contribution in [3.63, 3.8) is 0 Å². The third-order valence-electron chi connectivity index (χ3n) is 4.50. The molecule has 1 saturated heterocycles. The summed E-state index contributed by atoms with van der Waals surface area (Å²) in [7, 11) is 0. The number of benzene rings is 1. The first-order valence-electron chi connectivity index (χ1n) is 8.65. The van der Waals surface area contributed by atoms with Gasteiger partial charge in [0.1, 0.15) is 5.82 Å². The molecule has 1 aromatic heterocycles. The van der Waals surface area contributed by atoms with Crippen LogP contribution in [0.2, 0.25) is 0 Å². The molecular formula is C18H24N4O2. The number of hydrogen-bond acceptors (Lipinski definition) is 4. The van der Waals surface area contributed by atoms with E-state index in [1.54, 1.807) is 6.07 Å². The Morgan fingerprint density at radius 3 is 2.71 bits per heavy atom. The third-order valence-corrected chi connectivity index (χ3v) is 4.50. The van der Waals surface area contributed by atoms with Crippen LogP contribution in [0.25, 0.3) is 10.9 Å². The number of aromatic nitrogens is 2. The number of rotatable bonds is 5. The fourth-order valence-corrected chi connectivity index (χ4v) is 3.17. The first-order chi connectivity index (χ1) is 11.7. The Bertz CT molecular complexity index is 763. The number of nitrogens with zero attached hydrogens (tertiary/aromatic N) is 3. The molecule has 0 unspecified atom stereocenters. The minimum Gasteiger partial charge on any atom is -0.340 e.